The molecule has 7 nitrogen and oxygen atoms in total. The van der Waals surface area contributed by atoms with E-state index in [0.29, 0.717) is 37.7 Å². The summed E-state index contributed by atoms with van der Waals surface area (Å²) in [5.41, 5.74) is 6.74. The number of rotatable bonds is 4. The first-order valence-corrected chi connectivity index (χ1v) is 7.36. The van der Waals surface area contributed by atoms with E-state index in [2.05, 4.69) is 5.32 Å². The van der Waals surface area contributed by atoms with Crippen molar-refractivity contribution in [3.8, 4) is 11.5 Å². The first-order valence-electron chi connectivity index (χ1n) is 7.36. The Balaban J connectivity index is 1.90. The molecule has 2 aliphatic heterocycles. The van der Waals surface area contributed by atoms with Gasteiger partial charge in [-0.05, 0) is 13.3 Å². The van der Waals surface area contributed by atoms with E-state index in [-0.39, 0.29) is 24.3 Å². The van der Waals surface area contributed by atoms with Crippen LogP contribution < -0.4 is 25.4 Å². The highest BCUT2D eigenvalue weighted by Gasteiger charge is 2.31. The van der Waals surface area contributed by atoms with Gasteiger partial charge in [-0.25, -0.2) is 0 Å². The number of carbonyl (C=O) groups is 2. The van der Waals surface area contributed by atoms with Crippen LogP contribution in [0.1, 0.15) is 19.8 Å². The number of nitrogens with two attached hydrogens (primary N) is 1. The molecule has 0 bridgehead atoms. The van der Waals surface area contributed by atoms with E-state index in [1.165, 1.54) is 0 Å². The van der Waals surface area contributed by atoms with Crippen LogP contribution in [0, 0.1) is 0 Å². The van der Waals surface area contributed by atoms with Crippen LogP contribution in [0.2, 0.25) is 0 Å². The summed E-state index contributed by atoms with van der Waals surface area (Å²) in [6.07, 6.45) is 0.785. The predicted molar refractivity (Wildman–Crippen MR) is 81.3 cm³/mol. The Morgan fingerprint density at radius 3 is 2.73 bits per heavy atom. The van der Waals surface area contributed by atoms with Crippen LogP contribution in [-0.4, -0.2) is 37.6 Å². The van der Waals surface area contributed by atoms with Crippen LogP contribution in [-0.2, 0) is 9.59 Å². The third-order valence-electron chi connectivity index (χ3n) is 3.76. The molecule has 0 aromatic heterocycles. The van der Waals surface area contributed by atoms with Gasteiger partial charge in [0, 0.05) is 25.1 Å². The lowest BCUT2D eigenvalue weighted by Crippen LogP contribution is -2.46. The van der Waals surface area contributed by atoms with Crippen LogP contribution in [0.5, 0.6) is 11.5 Å². The van der Waals surface area contributed by atoms with Crippen molar-refractivity contribution in [3.63, 3.8) is 0 Å². The summed E-state index contributed by atoms with van der Waals surface area (Å²) in [4.78, 5) is 25.0. The van der Waals surface area contributed by atoms with Gasteiger partial charge < -0.3 is 25.4 Å². The fraction of sp³-hybridized carbons (Fsp3) is 0.467. The van der Waals surface area contributed by atoms with E-state index in [0.717, 1.165) is 11.4 Å². The predicted octanol–water partition coefficient (Wildman–Crippen LogP) is 0.870. The smallest absolute Gasteiger partial charge is 0.249 e. The number of hydrogen-bond acceptors (Lipinski definition) is 5. The lowest BCUT2D eigenvalue weighted by atomic mass is 10.1. The first kappa shape index (κ1) is 14.5. The normalized spacial score (nSPS) is 19.4. The first-order chi connectivity index (χ1) is 10.6. The standard InChI is InChI=1S/C15H19N3O4/c1-9-15(20)18(4-2-3-14(16)19)11-8-13-12(7-10(11)17-9)21-5-6-22-13/h7-9,17H,2-6H2,1H3,(H2,16,19). The number of nitrogens with one attached hydrogen (secondary N) is 1. The number of nitrogens with zero attached hydrogens (tertiary/aromatic N) is 1. The Kier molecular flexibility index (Phi) is 3.79. The van der Waals surface area contributed by atoms with E-state index in [4.69, 9.17) is 15.2 Å². The zero-order chi connectivity index (χ0) is 15.7. The van der Waals surface area contributed by atoms with E-state index in [9.17, 15) is 9.59 Å². The SMILES string of the molecule is CC1Nc2cc3c(cc2N(CCCC(N)=O)C1=O)OCCO3. The summed E-state index contributed by atoms with van der Waals surface area (Å²) in [5, 5.41) is 3.17. The Hall–Kier alpha value is -2.44. The van der Waals surface area contributed by atoms with E-state index >= 15 is 0 Å². The molecule has 0 spiro atoms. The minimum atomic E-state index is -0.363. The van der Waals surface area contributed by atoms with Gasteiger partial charge in [0.15, 0.2) is 11.5 Å². The molecular weight excluding hydrogens is 286 g/mol. The fourth-order valence-corrected chi connectivity index (χ4v) is 2.71. The molecule has 118 valence electrons. The molecule has 0 fully saturated rings. The Bertz CT molecular complexity index is 617. The van der Waals surface area contributed by atoms with Crippen molar-refractivity contribution in [3.05, 3.63) is 12.1 Å². The zero-order valence-corrected chi connectivity index (χ0v) is 12.4. The van der Waals surface area contributed by atoms with Crippen molar-refractivity contribution in [2.75, 3.05) is 30.0 Å². The van der Waals surface area contributed by atoms with Crippen molar-refractivity contribution in [2.24, 2.45) is 5.73 Å². The number of benzene rings is 1. The molecular formula is C15H19N3O4. The minimum Gasteiger partial charge on any atom is -0.486 e. The highest BCUT2D eigenvalue weighted by Crippen LogP contribution is 2.42. The molecule has 1 unspecified atom stereocenters. The number of ether oxygens (including phenoxy) is 2. The molecule has 1 aromatic carbocycles. The summed E-state index contributed by atoms with van der Waals surface area (Å²) in [6.45, 7) is 3.26. The van der Waals surface area contributed by atoms with Crippen LogP contribution in [0.3, 0.4) is 0 Å². The second-order valence-electron chi connectivity index (χ2n) is 5.44. The Labute approximate surface area is 128 Å². The Morgan fingerprint density at radius 1 is 1.36 bits per heavy atom. The molecule has 2 heterocycles. The van der Waals surface area contributed by atoms with E-state index < -0.39 is 0 Å². The van der Waals surface area contributed by atoms with E-state index in [1.807, 2.05) is 19.1 Å². The molecule has 0 aliphatic carbocycles. The largest absolute Gasteiger partial charge is 0.486 e. The highest BCUT2D eigenvalue weighted by molar-refractivity contribution is 6.05. The Morgan fingerprint density at radius 2 is 2.05 bits per heavy atom. The van der Waals surface area contributed by atoms with Crippen molar-refractivity contribution >= 4 is 23.2 Å². The summed E-state index contributed by atoms with van der Waals surface area (Å²) in [7, 11) is 0. The van der Waals surface area contributed by atoms with Crippen molar-refractivity contribution in [1.82, 2.24) is 0 Å². The lowest BCUT2D eigenvalue weighted by Gasteiger charge is -2.35. The van der Waals surface area contributed by atoms with Gasteiger partial charge in [-0.3, -0.25) is 9.59 Å². The molecule has 0 radical (unpaired) electrons. The second-order valence-corrected chi connectivity index (χ2v) is 5.44. The van der Waals surface area contributed by atoms with Crippen LogP contribution in [0.4, 0.5) is 11.4 Å². The van der Waals surface area contributed by atoms with Gasteiger partial charge in [0.25, 0.3) is 0 Å². The van der Waals surface area contributed by atoms with Gasteiger partial charge in [-0.2, -0.15) is 0 Å². The summed E-state index contributed by atoms with van der Waals surface area (Å²) in [5.74, 6) is 0.914. The van der Waals surface area contributed by atoms with Gasteiger partial charge in [-0.15, -0.1) is 0 Å². The third-order valence-corrected chi connectivity index (χ3v) is 3.76. The molecule has 1 aromatic rings. The molecule has 3 N–H and O–H groups in total. The average Bonchev–Trinajstić information content (AvgIpc) is 2.49. The number of hydrogen-bond donors (Lipinski definition) is 2. The minimum absolute atomic E-state index is 0.0337. The van der Waals surface area contributed by atoms with Gasteiger partial charge in [0.2, 0.25) is 11.8 Å². The number of anilines is 2. The van der Waals surface area contributed by atoms with Gasteiger partial charge >= 0.3 is 0 Å². The number of fused-ring (bicyclic) bond motifs is 2. The number of primary amides is 1. The van der Waals surface area contributed by atoms with Crippen molar-refractivity contribution in [1.29, 1.82) is 0 Å². The second kappa shape index (κ2) is 5.75. The lowest BCUT2D eigenvalue weighted by molar-refractivity contribution is -0.120. The monoisotopic (exact) mass is 305 g/mol. The van der Waals surface area contributed by atoms with Crippen LogP contribution >= 0.6 is 0 Å². The van der Waals surface area contributed by atoms with Gasteiger partial charge in [0.05, 0.1) is 11.4 Å². The van der Waals surface area contributed by atoms with Crippen molar-refractivity contribution in [2.45, 2.75) is 25.8 Å². The number of carbonyl (C=O) groups excluding carboxylic acids is 2. The molecule has 2 aliphatic rings. The maximum atomic E-state index is 12.4. The van der Waals surface area contributed by atoms with Crippen LogP contribution in [0.25, 0.3) is 0 Å². The molecule has 3 rings (SSSR count). The van der Waals surface area contributed by atoms with Gasteiger partial charge in [-0.1, -0.05) is 0 Å². The van der Waals surface area contributed by atoms with Crippen molar-refractivity contribution < 1.29 is 19.1 Å². The number of amides is 2. The van der Waals surface area contributed by atoms with E-state index in [1.54, 1.807) is 4.90 Å². The third kappa shape index (κ3) is 2.66. The summed E-state index contributed by atoms with van der Waals surface area (Å²) in [6, 6.07) is 3.34. The fourth-order valence-electron chi connectivity index (χ4n) is 2.71. The average molecular weight is 305 g/mol. The molecule has 22 heavy (non-hydrogen) atoms. The van der Waals surface area contributed by atoms with Gasteiger partial charge in [0.1, 0.15) is 19.3 Å². The maximum Gasteiger partial charge on any atom is 0.249 e. The molecule has 7 heteroatoms. The maximum absolute atomic E-state index is 12.4. The zero-order valence-electron chi connectivity index (χ0n) is 12.4. The van der Waals surface area contributed by atoms with Crippen LogP contribution in [0.15, 0.2) is 12.1 Å². The molecule has 1 atom stereocenters. The quantitative estimate of drug-likeness (QED) is 0.861. The highest BCUT2D eigenvalue weighted by atomic mass is 16.6. The summed E-state index contributed by atoms with van der Waals surface area (Å²) < 4.78 is 11.1. The molecule has 2 amide bonds. The topological polar surface area (TPSA) is 93.9 Å². The molecule has 0 saturated heterocycles. The molecule has 0 saturated carbocycles. The summed E-state index contributed by atoms with van der Waals surface area (Å²) >= 11 is 0.